The molecule has 0 unspecified atom stereocenters. The van der Waals surface area contributed by atoms with Gasteiger partial charge in [-0.15, -0.1) is 0 Å². The Balaban J connectivity index is 1.16. The number of pyridine rings is 2. The zero-order valence-corrected chi connectivity index (χ0v) is 28.1. The number of benzene rings is 1. The van der Waals surface area contributed by atoms with Crippen molar-refractivity contribution in [2.75, 3.05) is 13.7 Å². The monoisotopic (exact) mass is 666 g/mol. The summed E-state index contributed by atoms with van der Waals surface area (Å²) in [6, 6.07) is 12.9. The molecule has 5 heterocycles. The Labute approximate surface area is 283 Å². The number of aromatic nitrogens is 5. The Hall–Kier alpha value is -4.48. The van der Waals surface area contributed by atoms with Gasteiger partial charge in [0.15, 0.2) is 5.82 Å². The van der Waals surface area contributed by atoms with Gasteiger partial charge in [0, 0.05) is 54.9 Å². The molecule has 1 aliphatic heterocycles. The third kappa shape index (κ3) is 5.38. The molecule has 3 fully saturated rings. The van der Waals surface area contributed by atoms with Crippen molar-refractivity contribution in [3.63, 3.8) is 0 Å². The highest BCUT2D eigenvalue weighted by Crippen LogP contribution is 2.40. The van der Waals surface area contributed by atoms with Crippen LogP contribution in [0.25, 0.3) is 33.6 Å². The Morgan fingerprint density at radius 2 is 1.92 bits per heavy atom. The summed E-state index contributed by atoms with van der Waals surface area (Å²) in [5, 5.41) is 4.29. The van der Waals surface area contributed by atoms with E-state index in [1.807, 2.05) is 47.7 Å². The van der Waals surface area contributed by atoms with Crippen molar-refractivity contribution in [3.8, 4) is 17.3 Å². The largest absolute Gasteiger partial charge is 0.494 e. The van der Waals surface area contributed by atoms with Gasteiger partial charge in [0.2, 0.25) is 0 Å². The lowest BCUT2D eigenvalue weighted by atomic mass is 9.94. The lowest BCUT2D eigenvalue weighted by molar-refractivity contribution is 0.0603. The van der Waals surface area contributed by atoms with Gasteiger partial charge in [-0.3, -0.25) is 9.59 Å². The first-order valence-electron chi connectivity index (χ1n) is 16.7. The minimum atomic E-state index is -0.345. The highest BCUT2D eigenvalue weighted by atomic mass is 35.5. The number of methoxy groups -OCH3 is 1. The molecule has 2 aliphatic carbocycles. The first-order valence-corrected chi connectivity index (χ1v) is 17.1. The Kier molecular flexibility index (Phi) is 7.64. The zero-order valence-electron chi connectivity index (χ0n) is 27.3. The molecular weight excluding hydrogens is 628 g/mol. The van der Waals surface area contributed by atoms with Crippen molar-refractivity contribution in [1.82, 2.24) is 34.3 Å². The second-order valence-corrected chi connectivity index (χ2v) is 14.1. The summed E-state index contributed by atoms with van der Waals surface area (Å²) in [6.45, 7) is 3.31. The quantitative estimate of drug-likeness (QED) is 0.209. The molecule has 11 nitrogen and oxygen atoms in total. The van der Waals surface area contributed by atoms with E-state index in [1.54, 1.807) is 19.2 Å². The summed E-state index contributed by atoms with van der Waals surface area (Å²) in [4.78, 5) is 43.0. The SMILES string of the molecule is COc1cc(C(=O)N2C[C@H](N)[C@H]3CC[C@@H]2C3)cc2nc(-c3cc4ccc([C@@H](C)NC(=O)c5ccnc(Cl)c5)nc4n3CC3CC3)n(C)c12. The van der Waals surface area contributed by atoms with Gasteiger partial charge < -0.3 is 29.8 Å². The van der Waals surface area contributed by atoms with E-state index in [2.05, 4.69) is 20.9 Å². The number of hydrogen-bond donors (Lipinski definition) is 2. The number of carbonyl (C=O) groups excluding carboxylic acids is 2. The average Bonchev–Trinajstić information content (AvgIpc) is 3.55. The second-order valence-electron chi connectivity index (χ2n) is 13.7. The number of amides is 2. The molecule has 5 aromatic rings. The Morgan fingerprint density at radius 3 is 2.69 bits per heavy atom. The van der Waals surface area contributed by atoms with E-state index in [1.165, 1.54) is 19.0 Å². The number of likely N-dealkylation sites (tertiary alicyclic amines) is 1. The Bertz CT molecular complexity index is 2080. The number of nitrogens with two attached hydrogens (primary N) is 1. The molecule has 0 spiro atoms. The minimum absolute atomic E-state index is 0.0158. The van der Waals surface area contributed by atoms with Crippen LogP contribution in [0.1, 0.15) is 71.5 Å². The van der Waals surface area contributed by atoms with Gasteiger partial charge in [0.25, 0.3) is 11.8 Å². The molecule has 1 aromatic carbocycles. The third-order valence-corrected chi connectivity index (χ3v) is 10.7. The second kappa shape index (κ2) is 11.9. The number of halogens is 1. The summed E-state index contributed by atoms with van der Waals surface area (Å²) in [6.07, 6.45) is 6.92. The summed E-state index contributed by atoms with van der Waals surface area (Å²) >= 11 is 6.01. The summed E-state index contributed by atoms with van der Waals surface area (Å²) < 4.78 is 10.2. The van der Waals surface area contributed by atoms with Crippen molar-refractivity contribution in [2.24, 2.45) is 24.6 Å². The molecule has 2 saturated carbocycles. The van der Waals surface area contributed by atoms with Crippen LogP contribution in [0.2, 0.25) is 5.15 Å². The van der Waals surface area contributed by atoms with Crippen LogP contribution in [-0.2, 0) is 13.6 Å². The molecular formula is C36H39ClN8O3. The van der Waals surface area contributed by atoms with Crippen molar-refractivity contribution in [2.45, 2.75) is 63.7 Å². The van der Waals surface area contributed by atoms with Crippen LogP contribution >= 0.6 is 11.6 Å². The van der Waals surface area contributed by atoms with Crippen molar-refractivity contribution in [3.05, 3.63) is 70.6 Å². The fourth-order valence-corrected chi connectivity index (χ4v) is 7.81. The first-order chi connectivity index (χ1) is 23.2. The van der Waals surface area contributed by atoms with Crippen LogP contribution in [0.4, 0.5) is 0 Å². The number of rotatable bonds is 8. The van der Waals surface area contributed by atoms with Crippen molar-refractivity contribution in [1.29, 1.82) is 0 Å². The first kappa shape index (κ1) is 30.8. The highest BCUT2D eigenvalue weighted by Gasteiger charge is 2.41. The third-order valence-electron chi connectivity index (χ3n) is 10.5. The van der Waals surface area contributed by atoms with Crippen LogP contribution in [-0.4, -0.2) is 66.5 Å². The molecule has 2 amide bonds. The standard InChI is InChI=1S/C36H39ClN8O3/c1-19(40-35(46)23-10-11-39-31(37)16-23)27-9-7-22-14-29(45(33(22)41-27)17-20-4-5-20)34-42-28-13-24(15-30(48-3)32(28)43(34)2)36(47)44-18-26(38)21-6-8-25(44)12-21/h7,9-11,13-16,19-21,25-26H,4-6,8,12,17-18,38H2,1-3H3,(H,40,46)/t19-,21+,25-,26+/m1/s1. The molecule has 48 heavy (non-hydrogen) atoms. The molecule has 248 valence electrons. The van der Waals surface area contributed by atoms with Gasteiger partial charge >= 0.3 is 0 Å². The maximum Gasteiger partial charge on any atom is 0.254 e. The van der Waals surface area contributed by atoms with Gasteiger partial charge in [0.05, 0.1) is 30.1 Å². The molecule has 3 N–H and O–H groups in total. The summed E-state index contributed by atoms with van der Waals surface area (Å²) in [7, 11) is 3.62. The van der Waals surface area contributed by atoms with E-state index >= 15 is 0 Å². The number of hydrogen-bond acceptors (Lipinski definition) is 7. The van der Waals surface area contributed by atoms with Gasteiger partial charge in [-0.2, -0.15) is 0 Å². The number of aryl methyl sites for hydroxylation is 1. The molecule has 12 heteroatoms. The molecule has 1 saturated heterocycles. The predicted octanol–water partition coefficient (Wildman–Crippen LogP) is 5.50. The highest BCUT2D eigenvalue weighted by molar-refractivity contribution is 6.29. The smallest absolute Gasteiger partial charge is 0.254 e. The van der Waals surface area contributed by atoms with Crippen LogP contribution in [0.15, 0.2) is 48.7 Å². The fourth-order valence-electron chi connectivity index (χ4n) is 7.63. The summed E-state index contributed by atoms with van der Waals surface area (Å²) in [5.74, 6) is 2.19. The van der Waals surface area contributed by atoms with E-state index < -0.39 is 0 Å². The number of nitrogens with one attached hydrogen (secondary N) is 1. The maximum absolute atomic E-state index is 13.9. The van der Waals surface area contributed by atoms with Gasteiger partial charge in [-0.25, -0.2) is 15.0 Å². The van der Waals surface area contributed by atoms with Crippen LogP contribution in [0.3, 0.4) is 0 Å². The number of imidazole rings is 1. The fraction of sp³-hybridized carbons (Fsp3) is 0.417. The van der Waals surface area contributed by atoms with Crippen LogP contribution in [0.5, 0.6) is 5.75 Å². The molecule has 3 aliphatic rings. The van der Waals surface area contributed by atoms with Crippen LogP contribution < -0.4 is 15.8 Å². The van der Waals surface area contributed by atoms with E-state index in [0.717, 1.165) is 59.6 Å². The molecule has 2 bridgehead atoms. The number of fused-ring (bicyclic) bond motifs is 4. The molecule has 4 atom stereocenters. The van der Waals surface area contributed by atoms with Gasteiger partial charge in [0.1, 0.15) is 22.1 Å². The van der Waals surface area contributed by atoms with E-state index in [9.17, 15) is 9.59 Å². The molecule has 0 radical (unpaired) electrons. The van der Waals surface area contributed by atoms with E-state index in [-0.39, 0.29) is 35.1 Å². The maximum atomic E-state index is 13.9. The lowest BCUT2D eigenvalue weighted by Crippen LogP contribution is -2.51. The number of carbonyl (C=O) groups is 2. The summed E-state index contributed by atoms with van der Waals surface area (Å²) in [5.41, 5.74) is 11.5. The average molecular weight is 667 g/mol. The van der Waals surface area contributed by atoms with Gasteiger partial charge in [-0.1, -0.05) is 11.6 Å². The van der Waals surface area contributed by atoms with Gasteiger partial charge in [-0.05, 0) is 93.3 Å². The number of piperidine rings is 1. The predicted molar refractivity (Wildman–Crippen MR) is 184 cm³/mol. The van der Waals surface area contributed by atoms with Crippen LogP contribution in [0, 0.1) is 11.8 Å². The number of ether oxygens (including phenoxy) is 1. The topological polar surface area (TPSA) is 133 Å². The lowest BCUT2D eigenvalue weighted by Gasteiger charge is -2.37. The normalized spacial score (nSPS) is 21.2. The Morgan fingerprint density at radius 1 is 1.08 bits per heavy atom. The van der Waals surface area contributed by atoms with E-state index in [4.69, 9.17) is 32.0 Å². The molecule has 4 aromatic heterocycles. The zero-order chi connectivity index (χ0) is 33.3. The van der Waals surface area contributed by atoms with E-state index in [0.29, 0.717) is 40.8 Å². The van der Waals surface area contributed by atoms with Crippen molar-refractivity contribution < 1.29 is 14.3 Å². The minimum Gasteiger partial charge on any atom is -0.494 e. The number of nitrogens with zero attached hydrogens (tertiary/aromatic N) is 6. The molecule has 8 rings (SSSR count). The van der Waals surface area contributed by atoms with Crippen molar-refractivity contribution >= 4 is 45.5 Å².